The average molecular weight is 184 g/mol. The standard InChI is InChI=1S/C9H12O4/c1-12-7-3-6(8(10)5-7)4-9(11)13-2/h3,7H,4-5H2,1-2H3/t7-/m0/s1. The van der Waals surface area contributed by atoms with Gasteiger partial charge in [0.2, 0.25) is 0 Å². The second-order valence-corrected chi connectivity index (χ2v) is 2.85. The first kappa shape index (κ1) is 9.92. The molecule has 0 unspecified atom stereocenters. The molecule has 0 aromatic heterocycles. The van der Waals surface area contributed by atoms with E-state index < -0.39 is 5.97 Å². The van der Waals surface area contributed by atoms with Gasteiger partial charge in [-0.1, -0.05) is 0 Å². The molecule has 4 heteroatoms. The lowest BCUT2D eigenvalue weighted by molar-refractivity contribution is -0.140. The molecule has 0 heterocycles. The van der Waals surface area contributed by atoms with E-state index >= 15 is 0 Å². The molecular weight excluding hydrogens is 172 g/mol. The van der Waals surface area contributed by atoms with E-state index in [4.69, 9.17) is 4.74 Å². The van der Waals surface area contributed by atoms with Crippen molar-refractivity contribution in [2.24, 2.45) is 0 Å². The Bertz CT molecular complexity index is 254. The minimum atomic E-state index is -0.392. The first-order valence-corrected chi connectivity index (χ1v) is 4.01. The molecule has 0 fully saturated rings. The van der Waals surface area contributed by atoms with E-state index in [9.17, 15) is 9.59 Å². The van der Waals surface area contributed by atoms with Crippen LogP contribution in [0.1, 0.15) is 12.8 Å². The van der Waals surface area contributed by atoms with Crippen LogP contribution in [0, 0.1) is 0 Å². The molecule has 0 N–H and O–H groups in total. The Morgan fingerprint density at radius 3 is 2.77 bits per heavy atom. The Morgan fingerprint density at radius 2 is 2.31 bits per heavy atom. The maximum atomic E-state index is 11.2. The number of ketones is 1. The highest BCUT2D eigenvalue weighted by atomic mass is 16.5. The molecule has 0 aliphatic heterocycles. The van der Waals surface area contributed by atoms with Crippen molar-refractivity contribution in [1.29, 1.82) is 0 Å². The van der Waals surface area contributed by atoms with Crippen molar-refractivity contribution in [3.8, 4) is 0 Å². The summed E-state index contributed by atoms with van der Waals surface area (Å²) in [6.45, 7) is 0. The lowest BCUT2D eigenvalue weighted by atomic mass is 10.1. The fourth-order valence-electron chi connectivity index (χ4n) is 1.23. The van der Waals surface area contributed by atoms with Crippen LogP contribution in [-0.2, 0) is 19.1 Å². The molecule has 0 saturated carbocycles. The second-order valence-electron chi connectivity index (χ2n) is 2.85. The minimum Gasteiger partial charge on any atom is -0.469 e. The number of rotatable bonds is 3. The molecule has 4 nitrogen and oxygen atoms in total. The van der Waals surface area contributed by atoms with Crippen molar-refractivity contribution in [3.05, 3.63) is 11.6 Å². The van der Waals surface area contributed by atoms with Crippen LogP contribution in [-0.4, -0.2) is 32.1 Å². The van der Waals surface area contributed by atoms with Gasteiger partial charge in [-0.15, -0.1) is 0 Å². The van der Waals surface area contributed by atoms with Gasteiger partial charge in [-0.25, -0.2) is 0 Å². The van der Waals surface area contributed by atoms with Gasteiger partial charge >= 0.3 is 5.97 Å². The van der Waals surface area contributed by atoms with E-state index in [-0.39, 0.29) is 18.3 Å². The summed E-state index contributed by atoms with van der Waals surface area (Å²) in [5.74, 6) is -0.423. The molecule has 1 aliphatic rings. The number of Topliss-reactive ketones (excluding diaryl/α,β-unsaturated/α-hetero) is 1. The molecule has 1 atom stereocenters. The van der Waals surface area contributed by atoms with Crippen molar-refractivity contribution >= 4 is 11.8 Å². The van der Waals surface area contributed by atoms with Gasteiger partial charge < -0.3 is 9.47 Å². The van der Waals surface area contributed by atoms with Crippen molar-refractivity contribution < 1.29 is 19.1 Å². The highest BCUT2D eigenvalue weighted by Crippen LogP contribution is 2.19. The maximum Gasteiger partial charge on any atom is 0.310 e. The molecule has 0 amide bonds. The van der Waals surface area contributed by atoms with Crippen LogP contribution in [0.15, 0.2) is 11.6 Å². The maximum absolute atomic E-state index is 11.2. The van der Waals surface area contributed by atoms with Crippen LogP contribution in [0.5, 0.6) is 0 Å². The summed E-state index contributed by atoms with van der Waals surface area (Å²) < 4.78 is 9.43. The number of ether oxygens (including phenoxy) is 2. The molecule has 0 bridgehead atoms. The zero-order valence-corrected chi connectivity index (χ0v) is 7.70. The zero-order valence-electron chi connectivity index (χ0n) is 7.70. The molecule has 1 aliphatic carbocycles. The smallest absolute Gasteiger partial charge is 0.310 e. The van der Waals surface area contributed by atoms with E-state index in [2.05, 4.69) is 4.74 Å². The van der Waals surface area contributed by atoms with Gasteiger partial charge in [0.15, 0.2) is 5.78 Å². The van der Waals surface area contributed by atoms with Crippen molar-refractivity contribution in [3.63, 3.8) is 0 Å². The Morgan fingerprint density at radius 1 is 1.62 bits per heavy atom. The van der Waals surface area contributed by atoms with Gasteiger partial charge in [0.05, 0.1) is 19.6 Å². The summed E-state index contributed by atoms with van der Waals surface area (Å²) >= 11 is 0. The number of hydrogen-bond acceptors (Lipinski definition) is 4. The number of hydrogen-bond donors (Lipinski definition) is 0. The molecule has 0 aromatic rings. The van der Waals surface area contributed by atoms with Crippen LogP contribution in [0.25, 0.3) is 0 Å². The third-order valence-corrected chi connectivity index (χ3v) is 2.00. The molecule has 0 saturated heterocycles. The number of carbonyl (C=O) groups excluding carboxylic acids is 2. The van der Waals surface area contributed by atoms with Gasteiger partial charge in [0.25, 0.3) is 0 Å². The summed E-state index contributed by atoms with van der Waals surface area (Å²) in [4.78, 5) is 22.1. The van der Waals surface area contributed by atoms with E-state index in [1.165, 1.54) is 14.2 Å². The molecule has 0 spiro atoms. The SMILES string of the molecule is COC(=O)CC1=C[C@H](OC)CC1=O. The van der Waals surface area contributed by atoms with E-state index in [0.29, 0.717) is 12.0 Å². The number of carbonyl (C=O) groups is 2. The summed E-state index contributed by atoms with van der Waals surface area (Å²) in [5.41, 5.74) is 0.499. The fraction of sp³-hybridized carbons (Fsp3) is 0.556. The monoisotopic (exact) mass is 184 g/mol. The summed E-state index contributed by atoms with van der Waals surface area (Å²) in [6.07, 6.45) is 1.89. The third-order valence-electron chi connectivity index (χ3n) is 2.00. The van der Waals surface area contributed by atoms with Gasteiger partial charge in [-0.2, -0.15) is 0 Å². The van der Waals surface area contributed by atoms with E-state index in [1.54, 1.807) is 6.08 Å². The number of methoxy groups -OCH3 is 2. The summed E-state index contributed by atoms with van der Waals surface area (Å²) in [5, 5.41) is 0. The zero-order chi connectivity index (χ0) is 9.84. The lowest BCUT2D eigenvalue weighted by Gasteiger charge is -1.99. The molecule has 72 valence electrons. The van der Waals surface area contributed by atoms with Crippen LogP contribution in [0.2, 0.25) is 0 Å². The first-order valence-electron chi connectivity index (χ1n) is 4.01. The van der Waals surface area contributed by atoms with Crippen molar-refractivity contribution in [1.82, 2.24) is 0 Å². The fourth-order valence-corrected chi connectivity index (χ4v) is 1.23. The molecular formula is C9H12O4. The molecule has 1 rings (SSSR count). The van der Waals surface area contributed by atoms with Gasteiger partial charge in [0.1, 0.15) is 0 Å². The van der Waals surface area contributed by atoms with Crippen molar-refractivity contribution in [2.75, 3.05) is 14.2 Å². The summed E-state index contributed by atoms with van der Waals surface area (Å²) in [6, 6.07) is 0. The van der Waals surface area contributed by atoms with Gasteiger partial charge in [-0.05, 0) is 6.08 Å². The van der Waals surface area contributed by atoms with E-state index in [1.807, 2.05) is 0 Å². The predicted molar refractivity (Wildman–Crippen MR) is 45.1 cm³/mol. The average Bonchev–Trinajstić information content (AvgIpc) is 2.47. The normalized spacial score (nSPS) is 21.5. The molecule has 0 radical (unpaired) electrons. The van der Waals surface area contributed by atoms with Crippen LogP contribution < -0.4 is 0 Å². The number of esters is 1. The highest BCUT2D eigenvalue weighted by molar-refractivity contribution is 6.01. The van der Waals surface area contributed by atoms with E-state index in [0.717, 1.165) is 0 Å². The van der Waals surface area contributed by atoms with Gasteiger partial charge in [-0.3, -0.25) is 9.59 Å². The molecule has 0 aromatic carbocycles. The highest BCUT2D eigenvalue weighted by Gasteiger charge is 2.25. The van der Waals surface area contributed by atoms with Crippen LogP contribution in [0.3, 0.4) is 0 Å². The van der Waals surface area contributed by atoms with Gasteiger partial charge in [0, 0.05) is 19.1 Å². The van der Waals surface area contributed by atoms with Crippen molar-refractivity contribution in [2.45, 2.75) is 18.9 Å². The Hall–Kier alpha value is -1.16. The largest absolute Gasteiger partial charge is 0.469 e. The Balaban J connectivity index is 2.59. The topological polar surface area (TPSA) is 52.6 Å². The van der Waals surface area contributed by atoms with Crippen LogP contribution >= 0.6 is 0 Å². The Labute approximate surface area is 76.5 Å². The Kier molecular flexibility index (Phi) is 3.19. The minimum absolute atomic E-state index is 0.0303. The lowest BCUT2D eigenvalue weighted by Crippen LogP contribution is -2.07. The molecule has 13 heavy (non-hydrogen) atoms. The second kappa shape index (κ2) is 4.18. The summed E-state index contributed by atoms with van der Waals surface area (Å²) in [7, 11) is 2.84. The predicted octanol–water partition coefficient (Wildman–Crippen LogP) is 0.464. The quantitative estimate of drug-likeness (QED) is 0.598. The van der Waals surface area contributed by atoms with Crippen LogP contribution in [0.4, 0.5) is 0 Å². The third kappa shape index (κ3) is 2.39. The first-order chi connectivity index (χ1) is 6.17.